The summed E-state index contributed by atoms with van der Waals surface area (Å²) in [6, 6.07) is 0. The third kappa shape index (κ3) is 2.16. The summed E-state index contributed by atoms with van der Waals surface area (Å²) >= 11 is 0. The molecule has 1 aliphatic heterocycles. The summed E-state index contributed by atoms with van der Waals surface area (Å²) in [7, 11) is 0. The number of aliphatic hydroxyl groups excluding tert-OH is 1. The Kier molecular flexibility index (Phi) is 2.98. The van der Waals surface area contributed by atoms with Crippen molar-refractivity contribution in [2.24, 2.45) is 11.3 Å². The summed E-state index contributed by atoms with van der Waals surface area (Å²) < 4.78 is 0. The van der Waals surface area contributed by atoms with Crippen LogP contribution in [-0.2, 0) is 4.79 Å². The number of rotatable bonds is 3. The highest BCUT2D eigenvalue weighted by Gasteiger charge is 2.46. The third-order valence-electron chi connectivity index (χ3n) is 3.81. The Morgan fingerprint density at radius 3 is 2.60 bits per heavy atom. The van der Waals surface area contributed by atoms with Crippen molar-refractivity contribution in [1.82, 2.24) is 5.32 Å². The van der Waals surface area contributed by atoms with Gasteiger partial charge in [0.25, 0.3) is 0 Å². The first kappa shape index (κ1) is 10.9. The second kappa shape index (κ2) is 4.10. The maximum absolute atomic E-state index is 11.2. The zero-order chi connectivity index (χ0) is 10.9. The molecule has 2 rings (SSSR count). The van der Waals surface area contributed by atoms with E-state index >= 15 is 0 Å². The van der Waals surface area contributed by atoms with Crippen LogP contribution >= 0.6 is 0 Å². The van der Waals surface area contributed by atoms with Crippen LogP contribution < -0.4 is 5.32 Å². The molecule has 0 amide bonds. The van der Waals surface area contributed by atoms with Gasteiger partial charge in [0.1, 0.15) is 0 Å². The summed E-state index contributed by atoms with van der Waals surface area (Å²) in [6.07, 6.45) is 4.31. The van der Waals surface area contributed by atoms with Gasteiger partial charge in [-0.25, -0.2) is 0 Å². The highest BCUT2D eigenvalue weighted by molar-refractivity contribution is 5.76. The molecule has 0 radical (unpaired) electrons. The standard InChI is InChI=1S/C11H19NO3/c13-9-3-1-2-8(4-9)5-11(10(14)15)6-12-7-11/h8-9,12-13H,1-7H2,(H,14,15). The van der Waals surface area contributed by atoms with Gasteiger partial charge in [-0.15, -0.1) is 0 Å². The van der Waals surface area contributed by atoms with Gasteiger partial charge in [-0.05, 0) is 25.2 Å². The smallest absolute Gasteiger partial charge is 0.312 e. The lowest BCUT2D eigenvalue weighted by Crippen LogP contribution is -2.59. The Hall–Kier alpha value is -0.610. The van der Waals surface area contributed by atoms with Crippen LogP contribution in [0.25, 0.3) is 0 Å². The molecule has 3 N–H and O–H groups in total. The predicted octanol–water partition coefficient (Wildman–Crippen LogP) is 0.602. The van der Waals surface area contributed by atoms with Crippen molar-refractivity contribution in [1.29, 1.82) is 0 Å². The first-order chi connectivity index (χ1) is 7.12. The van der Waals surface area contributed by atoms with Gasteiger partial charge in [-0.3, -0.25) is 4.79 Å². The molecule has 0 aromatic carbocycles. The van der Waals surface area contributed by atoms with Gasteiger partial charge in [0, 0.05) is 13.1 Å². The van der Waals surface area contributed by atoms with E-state index in [1.54, 1.807) is 0 Å². The topological polar surface area (TPSA) is 69.6 Å². The molecule has 1 saturated carbocycles. The molecule has 1 heterocycles. The number of aliphatic hydroxyl groups is 1. The highest BCUT2D eigenvalue weighted by atomic mass is 16.4. The van der Waals surface area contributed by atoms with E-state index in [4.69, 9.17) is 0 Å². The number of nitrogens with one attached hydrogen (secondary N) is 1. The molecule has 0 aromatic heterocycles. The summed E-state index contributed by atoms with van der Waals surface area (Å²) in [5.41, 5.74) is -0.540. The molecule has 2 aliphatic rings. The molecular formula is C11H19NO3. The second-order valence-electron chi connectivity index (χ2n) is 5.08. The van der Waals surface area contributed by atoms with Crippen LogP contribution in [0.4, 0.5) is 0 Å². The number of carboxylic acids is 1. The Morgan fingerprint density at radius 1 is 1.40 bits per heavy atom. The number of aliphatic carboxylic acids is 1. The van der Waals surface area contributed by atoms with Crippen LogP contribution in [0.2, 0.25) is 0 Å². The minimum atomic E-state index is -0.679. The van der Waals surface area contributed by atoms with Gasteiger partial charge in [-0.2, -0.15) is 0 Å². The lowest BCUT2D eigenvalue weighted by molar-refractivity contribution is -0.154. The van der Waals surface area contributed by atoms with Gasteiger partial charge < -0.3 is 15.5 Å². The van der Waals surface area contributed by atoms with E-state index in [0.29, 0.717) is 19.0 Å². The molecule has 4 nitrogen and oxygen atoms in total. The number of carboxylic acid groups (broad SMARTS) is 1. The van der Waals surface area contributed by atoms with Crippen LogP contribution in [0, 0.1) is 11.3 Å². The molecule has 4 heteroatoms. The SMILES string of the molecule is O=C(O)C1(CC2CCCC(O)C2)CNC1. The Balaban J connectivity index is 1.92. The predicted molar refractivity (Wildman–Crippen MR) is 55.5 cm³/mol. The molecule has 0 bridgehead atoms. The van der Waals surface area contributed by atoms with Crippen molar-refractivity contribution in [3.63, 3.8) is 0 Å². The molecule has 86 valence electrons. The van der Waals surface area contributed by atoms with E-state index in [-0.39, 0.29) is 6.10 Å². The lowest BCUT2D eigenvalue weighted by Gasteiger charge is -2.42. The molecule has 15 heavy (non-hydrogen) atoms. The van der Waals surface area contributed by atoms with Crippen molar-refractivity contribution < 1.29 is 15.0 Å². The number of hydrogen-bond acceptors (Lipinski definition) is 3. The van der Waals surface area contributed by atoms with Crippen molar-refractivity contribution in [3.05, 3.63) is 0 Å². The molecule has 1 aliphatic carbocycles. The van der Waals surface area contributed by atoms with E-state index in [1.807, 2.05) is 0 Å². The minimum Gasteiger partial charge on any atom is -0.481 e. The van der Waals surface area contributed by atoms with Crippen LogP contribution in [0.5, 0.6) is 0 Å². The zero-order valence-electron chi connectivity index (χ0n) is 8.91. The summed E-state index contributed by atoms with van der Waals surface area (Å²) in [5, 5.41) is 21.8. The van der Waals surface area contributed by atoms with Gasteiger partial charge in [0.2, 0.25) is 0 Å². The first-order valence-electron chi connectivity index (χ1n) is 5.74. The van der Waals surface area contributed by atoms with Crippen LogP contribution in [0.15, 0.2) is 0 Å². The fourth-order valence-electron chi connectivity index (χ4n) is 2.81. The van der Waals surface area contributed by atoms with E-state index in [1.165, 1.54) is 0 Å². The summed E-state index contributed by atoms with van der Waals surface area (Å²) in [4.78, 5) is 11.2. The second-order valence-corrected chi connectivity index (χ2v) is 5.08. The molecule has 2 atom stereocenters. The van der Waals surface area contributed by atoms with E-state index in [2.05, 4.69) is 5.32 Å². The Morgan fingerprint density at radius 2 is 2.13 bits per heavy atom. The fourth-order valence-corrected chi connectivity index (χ4v) is 2.81. The van der Waals surface area contributed by atoms with Gasteiger partial charge in [0.15, 0.2) is 0 Å². The van der Waals surface area contributed by atoms with E-state index in [9.17, 15) is 15.0 Å². The number of carbonyl (C=O) groups is 1. The molecule has 2 fully saturated rings. The van der Waals surface area contributed by atoms with Gasteiger partial charge >= 0.3 is 5.97 Å². The van der Waals surface area contributed by atoms with Gasteiger partial charge in [0.05, 0.1) is 11.5 Å². The van der Waals surface area contributed by atoms with Crippen molar-refractivity contribution in [2.45, 2.75) is 38.2 Å². The monoisotopic (exact) mass is 213 g/mol. The van der Waals surface area contributed by atoms with Crippen LogP contribution in [-0.4, -0.2) is 35.4 Å². The largest absolute Gasteiger partial charge is 0.481 e. The zero-order valence-corrected chi connectivity index (χ0v) is 8.91. The fraction of sp³-hybridized carbons (Fsp3) is 0.909. The van der Waals surface area contributed by atoms with Crippen molar-refractivity contribution in [3.8, 4) is 0 Å². The summed E-state index contributed by atoms with van der Waals surface area (Å²) in [6.45, 7) is 1.18. The van der Waals surface area contributed by atoms with E-state index in [0.717, 1.165) is 32.1 Å². The maximum Gasteiger partial charge on any atom is 0.312 e. The van der Waals surface area contributed by atoms with Gasteiger partial charge in [-0.1, -0.05) is 12.8 Å². The molecule has 2 unspecified atom stereocenters. The third-order valence-corrected chi connectivity index (χ3v) is 3.81. The normalized spacial score (nSPS) is 34.5. The highest BCUT2D eigenvalue weighted by Crippen LogP contribution is 2.37. The summed E-state index contributed by atoms with van der Waals surface area (Å²) in [5.74, 6) is -0.284. The average Bonchev–Trinajstić information content (AvgIpc) is 2.11. The lowest BCUT2D eigenvalue weighted by atomic mass is 9.70. The van der Waals surface area contributed by atoms with Crippen molar-refractivity contribution >= 4 is 5.97 Å². The van der Waals surface area contributed by atoms with Crippen molar-refractivity contribution in [2.75, 3.05) is 13.1 Å². The molecular weight excluding hydrogens is 194 g/mol. The molecule has 0 aromatic rings. The minimum absolute atomic E-state index is 0.206. The average molecular weight is 213 g/mol. The Labute approximate surface area is 89.7 Å². The number of hydrogen-bond donors (Lipinski definition) is 3. The Bertz CT molecular complexity index is 250. The quantitative estimate of drug-likeness (QED) is 0.642. The van der Waals surface area contributed by atoms with E-state index < -0.39 is 11.4 Å². The molecule has 1 saturated heterocycles. The van der Waals surface area contributed by atoms with Crippen LogP contribution in [0.1, 0.15) is 32.1 Å². The first-order valence-corrected chi connectivity index (χ1v) is 5.74. The maximum atomic E-state index is 11.2. The molecule has 0 spiro atoms. The van der Waals surface area contributed by atoms with Crippen LogP contribution in [0.3, 0.4) is 0 Å².